The average molecular weight is 266 g/mol. The number of ether oxygens (including phenoxy) is 1. The largest absolute Gasteiger partial charge is 0.372 e. The van der Waals surface area contributed by atoms with Gasteiger partial charge >= 0.3 is 0 Å². The molecule has 1 N–H and O–H groups in total. The molecule has 0 saturated carbocycles. The monoisotopic (exact) mass is 265 g/mol. The van der Waals surface area contributed by atoms with Crippen LogP contribution in [0.5, 0.6) is 0 Å². The number of hydrogen-bond donors (Lipinski definition) is 1. The van der Waals surface area contributed by atoms with Crippen molar-refractivity contribution in [1.29, 1.82) is 0 Å². The molecule has 14 heavy (non-hydrogen) atoms. The van der Waals surface area contributed by atoms with E-state index in [4.69, 9.17) is 4.74 Å². The molecule has 84 valence electrons. The highest BCUT2D eigenvalue weighted by Gasteiger charge is 2.08. The van der Waals surface area contributed by atoms with Gasteiger partial charge in [-0.2, -0.15) is 0 Å². The average Bonchev–Trinajstić information content (AvgIpc) is 2.10. The summed E-state index contributed by atoms with van der Waals surface area (Å²) in [6.07, 6.45) is 1.06. The number of carbonyl (C=O) groups excluding carboxylic acids is 1. The third-order valence-corrected chi connectivity index (χ3v) is 2.38. The van der Waals surface area contributed by atoms with Crippen LogP contribution in [0.1, 0.15) is 27.2 Å². The number of amides is 1. The van der Waals surface area contributed by atoms with Crippen LogP contribution in [0.2, 0.25) is 0 Å². The number of rotatable bonds is 7. The van der Waals surface area contributed by atoms with E-state index < -0.39 is 0 Å². The first-order valence-corrected chi connectivity index (χ1v) is 5.96. The van der Waals surface area contributed by atoms with Gasteiger partial charge in [-0.15, -0.1) is 0 Å². The van der Waals surface area contributed by atoms with Crippen LogP contribution in [0.4, 0.5) is 0 Å². The summed E-state index contributed by atoms with van der Waals surface area (Å²) >= 11 is 3.52. The maximum Gasteiger partial charge on any atom is 0.246 e. The Labute approximate surface area is 94.7 Å². The van der Waals surface area contributed by atoms with Gasteiger partial charge < -0.3 is 10.1 Å². The zero-order valence-electron chi connectivity index (χ0n) is 9.18. The Morgan fingerprint density at radius 2 is 2.14 bits per heavy atom. The Morgan fingerprint density at radius 3 is 2.64 bits per heavy atom. The summed E-state index contributed by atoms with van der Waals surface area (Å²) in [5.41, 5.74) is 0. The van der Waals surface area contributed by atoms with Crippen LogP contribution in [0.15, 0.2) is 0 Å². The lowest BCUT2D eigenvalue weighted by Gasteiger charge is -2.13. The van der Waals surface area contributed by atoms with Crippen molar-refractivity contribution >= 4 is 21.8 Å². The van der Waals surface area contributed by atoms with Crippen molar-refractivity contribution in [3.05, 3.63) is 0 Å². The molecule has 0 rings (SSSR count). The van der Waals surface area contributed by atoms with E-state index in [1.807, 2.05) is 6.92 Å². The Balaban J connectivity index is 3.45. The summed E-state index contributed by atoms with van der Waals surface area (Å²) in [5.74, 6) is 0.600. The third-order valence-electron chi connectivity index (χ3n) is 1.69. The van der Waals surface area contributed by atoms with Gasteiger partial charge in [0.25, 0.3) is 0 Å². The SMILES string of the molecule is CCOCC(=O)NCC(Br)CC(C)C. The molecule has 1 amide bonds. The normalized spacial score (nSPS) is 12.9. The lowest BCUT2D eigenvalue weighted by Crippen LogP contribution is -2.32. The number of hydrogen-bond acceptors (Lipinski definition) is 2. The van der Waals surface area contributed by atoms with E-state index in [0.29, 0.717) is 23.9 Å². The van der Waals surface area contributed by atoms with E-state index in [2.05, 4.69) is 35.1 Å². The number of carbonyl (C=O) groups is 1. The Bertz CT molecular complexity index is 162. The maximum atomic E-state index is 11.1. The van der Waals surface area contributed by atoms with E-state index in [-0.39, 0.29) is 12.5 Å². The highest BCUT2D eigenvalue weighted by Crippen LogP contribution is 2.11. The predicted molar refractivity (Wildman–Crippen MR) is 61.7 cm³/mol. The lowest BCUT2D eigenvalue weighted by molar-refractivity contribution is -0.125. The molecule has 0 aromatic heterocycles. The fourth-order valence-corrected chi connectivity index (χ4v) is 1.97. The van der Waals surface area contributed by atoms with Crippen molar-refractivity contribution in [2.24, 2.45) is 5.92 Å². The molecule has 0 fully saturated rings. The quantitative estimate of drug-likeness (QED) is 0.715. The van der Waals surface area contributed by atoms with E-state index in [1.54, 1.807) is 0 Å². The molecule has 0 saturated heterocycles. The molecule has 4 heteroatoms. The maximum absolute atomic E-state index is 11.1. The van der Waals surface area contributed by atoms with Gasteiger partial charge in [-0.05, 0) is 19.3 Å². The van der Waals surface area contributed by atoms with Crippen LogP contribution < -0.4 is 5.32 Å². The zero-order chi connectivity index (χ0) is 11.0. The summed E-state index contributed by atoms with van der Waals surface area (Å²) in [6, 6.07) is 0. The standard InChI is InChI=1S/C10H20BrNO2/c1-4-14-7-10(13)12-6-9(11)5-8(2)3/h8-9H,4-7H2,1-3H3,(H,12,13). The molecular weight excluding hydrogens is 246 g/mol. The fraction of sp³-hybridized carbons (Fsp3) is 0.900. The molecule has 0 aliphatic rings. The molecule has 0 aliphatic heterocycles. The number of nitrogens with one attached hydrogen (secondary N) is 1. The summed E-state index contributed by atoms with van der Waals surface area (Å²) in [6.45, 7) is 7.62. The smallest absolute Gasteiger partial charge is 0.246 e. The second-order valence-electron chi connectivity index (χ2n) is 3.67. The van der Waals surface area contributed by atoms with E-state index in [1.165, 1.54) is 0 Å². The molecule has 0 heterocycles. The Kier molecular flexibility index (Phi) is 8.18. The molecule has 0 aliphatic carbocycles. The first kappa shape index (κ1) is 13.9. The molecule has 1 atom stereocenters. The predicted octanol–water partition coefficient (Wildman–Crippen LogP) is 1.95. The van der Waals surface area contributed by atoms with Gasteiger partial charge in [0, 0.05) is 18.0 Å². The Morgan fingerprint density at radius 1 is 1.50 bits per heavy atom. The Hall–Kier alpha value is -0.0900. The minimum atomic E-state index is -0.0416. The van der Waals surface area contributed by atoms with Crippen molar-refractivity contribution in [2.45, 2.75) is 32.0 Å². The summed E-state index contributed by atoms with van der Waals surface area (Å²) in [5, 5.41) is 2.81. The third kappa shape index (κ3) is 8.51. The van der Waals surface area contributed by atoms with Crippen molar-refractivity contribution in [2.75, 3.05) is 19.8 Å². The van der Waals surface area contributed by atoms with Crippen LogP contribution in [0, 0.1) is 5.92 Å². The van der Waals surface area contributed by atoms with Crippen molar-refractivity contribution in [3.63, 3.8) is 0 Å². The highest BCUT2D eigenvalue weighted by molar-refractivity contribution is 9.09. The summed E-state index contributed by atoms with van der Waals surface area (Å²) in [4.78, 5) is 11.5. The number of alkyl halides is 1. The van der Waals surface area contributed by atoms with Crippen molar-refractivity contribution in [3.8, 4) is 0 Å². The van der Waals surface area contributed by atoms with E-state index >= 15 is 0 Å². The van der Waals surface area contributed by atoms with Gasteiger partial charge in [-0.25, -0.2) is 0 Å². The first-order valence-electron chi connectivity index (χ1n) is 5.04. The van der Waals surface area contributed by atoms with Crippen LogP contribution in [-0.4, -0.2) is 30.5 Å². The lowest BCUT2D eigenvalue weighted by atomic mass is 10.1. The minimum absolute atomic E-state index is 0.0416. The van der Waals surface area contributed by atoms with Crippen LogP contribution in [0.3, 0.4) is 0 Å². The summed E-state index contributed by atoms with van der Waals surface area (Å²) < 4.78 is 4.98. The van der Waals surface area contributed by atoms with Gasteiger partial charge in [-0.3, -0.25) is 4.79 Å². The molecule has 1 unspecified atom stereocenters. The van der Waals surface area contributed by atoms with Crippen LogP contribution in [0.25, 0.3) is 0 Å². The second-order valence-corrected chi connectivity index (χ2v) is 4.96. The van der Waals surface area contributed by atoms with Gasteiger partial charge in [0.2, 0.25) is 5.91 Å². The molecule has 0 aromatic rings. The number of halogens is 1. The summed E-state index contributed by atoms with van der Waals surface area (Å²) in [7, 11) is 0. The molecule has 0 aromatic carbocycles. The van der Waals surface area contributed by atoms with E-state index in [9.17, 15) is 4.79 Å². The topological polar surface area (TPSA) is 38.3 Å². The molecule has 3 nitrogen and oxygen atoms in total. The molecule has 0 spiro atoms. The second kappa shape index (κ2) is 8.24. The minimum Gasteiger partial charge on any atom is -0.372 e. The van der Waals surface area contributed by atoms with Gasteiger partial charge in [0.15, 0.2) is 0 Å². The first-order chi connectivity index (χ1) is 6.56. The molecular formula is C10H20BrNO2. The molecule has 0 bridgehead atoms. The molecule has 0 radical (unpaired) electrons. The van der Waals surface area contributed by atoms with E-state index in [0.717, 1.165) is 6.42 Å². The fourth-order valence-electron chi connectivity index (χ4n) is 1.07. The zero-order valence-corrected chi connectivity index (χ0v) is 10.8. The van der Waals surface area contributed by atoms with Crippen LogP contribution in [-0.2, 0) is 9.53 Å². The van der Waals surface area contributed by atoms with Crippen molar-refractivity contribution in [1.82, 2.24) is 5.32 Å². The van der Waals surface area contributed by atoms with Gasteiger partial charge in [0.1, 0.15) is 6.61 Å². The van der Waals surface area contributed by atoms with Crippen LogP contribution >= 0.6 is 15.9 Å². The van der Waals surface area contributed by atoms with Crippen molar-refractivity contribution < 1.29 is 9.53 Å². The van der Waals surface area contributed by atoms with Gasteiger partial charge in [0.05, 0.1) is 0 Å². The van der Waals surface area contributed by atoms with Gasteiger partial charge in [-0.1, -0.05) is 29.8 Å². The highest BCUT2D eigenvalue weighted by atomic mass is 79.9.